The molecule has 0 aliphatic carbocycles. The maximum absolute atomic E-state index is 13.3. The van der Waals surface area contributed by atoms with E-state index in [9.17, 15) is 4.39 Å². The summed E-state index contributed by atoms with van der Waals surface area (Å²) in [4.78, 5) is 1.33. The lowest BCUT2D eigenvalue weighted by Gasteiger charge is -2.21. The van der Waals surface area contributed by atoms with Crippen LogP contribution in [-0.4, -0.2) is 6.54 Å². The highest BCUT2D eigenvalue weighted by Gasteiger charge is 2.17. The first kappa shape index (κ1) is 15.5. The van der Waals surface area contributed by atoms with Gasteiger partial charge in [0.1, 0.15) is 5.82 Å². The molecule has 0 aliphatic heterocycles. The maximum Gasteiger partial charge on any atom is 0.123 e. The van der Waals surface area contributed by atoms with Crippen molar-refractivity contribution >= 4 is 21.4 Å². The summed E-state index contributed by atoms with van der Waals surface area (Å²) in [6.45, 7) is 7.63. The lowest BCUT2D eigenvalue weighted by molar-refractivity contribution is 0.379. The molecule has 0 aliphatic rings. The molecule has 1 aromatic heterocycles. The fraction of sp³-hybridized carbons (Fsp3) is 0.529. The summed E-state index contributed by atoms with van der Waals surface area (Å²) < 4.78 is 14.5. The Labute approximate surface area is 125 Å². The van der Waals surface area contributed by atoms with Gasteiger partial charge in [-0.05, 0) is 48.5 Å². The lowest BCUT2D eigenvalue weighted by atomic mass is 9.94. The maximum atomic E-state index is 13.3. The predicted molar refractivity (Wildman–Crippen MR) is 86.9 cm³/mol. The molecule has 1 aromatic carbocycles. The van der Waals surface area contributed by atoms with Gasteiger partial charge in [-0.3, -0.25) is 0 Å². The second kappa shape index (κ2) is 7.19. The molecule has 1 heterocycles. The van der Waals surface area contributed by atoms with E-state index < -0.39 is 0 Å². The molecule has 3 heteroatoms. The molecule has 0 saturated carbocycles. The van der Waals surface area contributed by atoms with Crippen LogP contribution in [0.4, 0.5) is 4.39 Å². The van der Waals surface area contributed by atoms with E-state index in [1.54, 1.807) is 23.5 Å². The summed E-state index contributed by atoms with van der Waals surface area (Å²) in [6.07, 6.45) is 3.60. The highest BCUT2D eigenvalue weighted by atomic mass is 32.1. The van der Waals surface area contributed by atoms with Crippen molar-refractivity contribution in [3.63, 3.8) is 0 Å². The largest absolute Gasteiger partial charge is 0.310 e. The molecule has 0 spiro atoms. The molecular weight excluding hydrogens is 269 g/mol. The van der Waals surface area contributed by atoms with Crippen molar-refractivity contribution in [3.8, 4) is 0 Å². The van der Waals surface area contributed by atoms with Crippen LogP contribution >= 0.6 is 11.3 Å². The quantitative estimate of drug-likeness (QED) is 0.709. The Bertz CT molecular complexity index is 545. The number of thiophene rings is 1. The number of halogens is 1. The van der Waals surface area contributed by atoms with E-state index in [2.05, 4.69) is 32.2 Å². The zero-order chi connectivity index (χ0) is 14.5. The fourth-order valence-corrected chi connectivity index (χ4v) is 3.84. The van der Waals surface area contributed by atoms with Crippen LogP contribution < -0.4 is 5.32 Å². The summed E-state index contributed by atoms with van der Waals surface area (Å²) in [5.41, 5.74) is 0. The Balaban J connectivity index is 2.26. The first-order valence-electron chi connectivity index (χ1n) is 7.60. The van der Waals surface area contributed by atoms with Crippen LogP contribution in [-0.2, 0) is 0 Å². The summed E-state index contributed by atoms with van der Waals surface area (Å²) in [6, 6.07) is 7.62. The van der Waals surface area contributed by atoms with Crippen molar-refractivity contribution in [2.75, 3.05) is 6.54 Å². The van der Waals surface area contributed by atoms with Gasteiger partial charge in [-0.15, -0.1) is 11.3 Å². The second-order valence-corrected chi connectivity index (χ2v) is 6.47. The molecular formula is C17H24FNS. The first-order chi connectivity index (χ1) is 9.67. The van der Waals surface area contributed by atoms with E-state index in [1.807, 2.05) is 6.07 Å². The van der Waals surface area contributed by atoms with E-state index in [4.69, 9.17) is 0 Å². The number of rotatable bonds is 7. The van der Waals surface area contributed by atoms with Gasteiger partial charge in [0, 0.05) is 15.6 Å². The van der Waals surface area contributed by atoms with Crippen LogP contribution in [0.5, 0.6) is 0 Å². The van der Waals surface area contributed by atoms with Crippen molar-refractivity contribution in [1.29, 1.82) is 0 Å². The standard InChI is InChI=1S/C17H24FNS/c1-4-12(5-2)9-15(19-6-3)17-11-13-10-14(18)7-8-16(13)20-17/h7-8,10-12,15,19H,4-6,9H2,1-3H3. The van der Waals surface area contributed by atoms with Crippen molar-refractivity contribution in [1.82, 2.24) is 5.32 Å². The van der Waals surface area contributed by atoms with E-state index in [0.29, 0.717) is 6.04 Å². The van der Waals surface area contributed by atoms with Gasteiger partial charge in [-0.2, -0.15) is 0 Å². The van der Waals surface area contributed by atoms with Crippen LogP contribution in [0, 0.1) is 11.7 Å². The third-order valence-electron chi connectivity index (χ3n) is 4.02. The van der Waals surface area contributed by atoms with Gasteiger partial charge < -0.3 is 5.32 Å². The van der Waals surface area contributed by atoms with Gasteiger partial charge in [0.2, 0.25) is 0 Å². The Kier molecular flexibility index (Phi) is 5.55. The number of benzene rings is 1. The topological polar surface area (TPSA) is 12.0 Å². The molecule has 0 saturated heterocycles. The Morgan fingerprint density at radius 3 is 2.55 bits per heavy atom. The summed E-state index contributed by atoms with van der Waals surface area (Å²) in [5.74, 6) is 0.600. The summed E-state index contributed by atoms with van der Waals surface area (Å²) in [5, 5.41) is 4.62. The number of hydrogen-bond donors (Lipinski definition) is 1. The molecule has 1 atom stereocenters. The SMILES string of the molecule is CCNC(CC(CC)CC)c1cc2cc(F)ccc2s1. The van der Waals surface area contributed by atoms with Crippen LogP contribution in [0.15, 0.2) is 24.3 Å². The third-order valence-corrected chi connectivity index (χ3v) is 5.24. The zero-order valence-electron chi connectivity index (χ0n) is 12.6. The zero-order valence-corrected chi connectivity index (χ0v) is 13.4. The molecule has 20 heavy (non-hydrogen) atoms. The normalized spacial score (nSPS) is 13.2. The van der Waals surface area contributed by atoms with Crippen molar-refractivity contribution in [3.05, 3.63) is 35.0 Å². The van der Waals surface area contributed by atoms with Gasteiger partial charge >= 0.3 is 0 Å². The molecule has 0 fully saturated rings. The minimum absolute atomic E-state index is 0.151. The van der Waals surface area contributed by atoms with Gasteiger partial charge in [0.15, 0.2) is 0 Å². The molecule has 0 radical (unpaired) electrons. The highest BCUT2D eigenvalue weighted by molar-refractivity contribution is 7.19. The Hall–Kier alpha value is -0.930. The van der Waals surface area contributed by atoms with Crippen molar-refractivity contribution < 1.29 is 4.39 Å². The summed E-state index contributed by atoms with van der Waals surface area (Å²) >= 11 is 1.79. The Morgan fingerprint density at radius 2 is 1.90 bits per heavy atom. The van der Waals surface area contributed by atoms with E-state index in [-0.39, 0.29) is 5.82 Å². The van der Waals surface area contributed by atoms with E-state index >= 15 is 0 Å². The highest BCUT2D eigenvalue weighted by Crippen LogP contribution is 2.34. The van der Waals surface area contributed by atoms with E-state index in [0.717, 1.165) is 24.3 Å². The number of fused-ring (bicyclic) bond motifs is 1. The molecule has 1 nitrogen and oxygen atoms in total. The monoisotopic (exact) mass is 293 g/mol. The molecule has 2 aromatic rings. The van der Waals surface area contributed by atoms with Crippen LogP contribution in [0.3, 0.4) is 0 Å². The van der Waals surface area contributed by atoms with E-state index in [1.165, 1.54) is 22.4 Å². The minimum Gasteiger partial charge on any atom is -0.310 e. The van der Waals surface area contributed by atoms with Gasteiger partial charge in [0.25, 0.3) is 0 Å². The van der Waals surface area contributed by atoms with Crippen molar-refractivity contribution in [2.45, 2.75) is 46.1 Å². The minimum atomic E-state index is -0.151. The summed E-state index contributed by atoms with van der Waals surface area (Å²) in [7, 11) is 0. The van der Waals surface area contributed by atoms with Gasteiger partial charge in [-0.25, -0.2) is 4.39 Å². The lowest BCUT2D eigenvalue weighted by Crippen LogP contribution is -2.22. The van der Waals surface area contributed by atoms with Crippen LogP contribution in [0.25, 0.3) is 10.1 Å². The molecule has 1 N–H and O–H groups in total. The van der Waals surface area contributed by atoms with Gasteiger partial charge in [-0.1, -0.05) is 33.6 Å². The first-order valence-corrected chi connectivity index (χ1v) is 8.41. The average Bonchev–Trinajstić information content (AvgIpc) is 2.86. The molecule has 0 amide bonds. The second-order valence-electron chi connectivity index (χ2n) is 5.36. The molecule has 1 unspecified atom stereocenters. The average molecular weight is 293 g/mol. The van der Waals surface area contributed by atoms with Crippen molar-refractivity contribution in [2.24, 2.45) is 5.92 Å². The Morgan fingerprint density at radius 1 is 1.15 bits per heavy atom. The number of hydrogen-bond acceptors (Lipinski definition) is 2. The smallest absolute Gasteiger partial charge is 0.123 e. The number of nitrogens with one attached hydrogen (secondary N) is 1. The third kappa shape index (κ3) is 3.58. The fourth-order valence-electron chi connectivity index (χ4n) is 2.71. The predicted octanol–water partition coefficient (Wildman–Crippen LogP) is 5.52. The molecule has 110 valence electrons. The van der Waals surface area contributed by atoms with Crippen LogP contribution in [0.2, 0.25) is 0 Å². The van der Waals surface area contributed by atoms with Gasteiger partial charge in [0.05, 0.1) is 0 Å². The molecule has 0 bridgehead atoms. The van der Waals surface area contributed by atoms with Crippen LogP contribution in [0.1, 0.15) is 51.0 Å². The molecule has 2 rings (SSSR count).